The zero-order chi connectivity index (χ0) is 33.2. The van der Waals surface area contributed by atoms with Gasteiger partial charge in [0.05, 0.1) is 38.1 Å². The maximum Gasteiger partial charge on any atom is 0.339 e. The van der Waals surface area contributed by atoms with E-state index in [-0.39, 0.29) is 12.4 Å². The van der Waals surface area contributed by atoms with Crippen molar-refractivity contribution >= 4 is 34.3 Å². The van der Waals surface area contributed by atoms with Gasteiger partial charge in [0.25, 0.3) is 0 Å². The van der Waals surface area contributed by atoms with Gasteiger partial charge >= 0.3 is 5.97 Å². The van der Waals surface area contributed by atoms with Gasteiger partial charge in [0.15, 0.2) is 18.1 Å². The number of nitrogens with zero attached hydrogens (tertiary/aromatic N) is 2. The zero-order valence-electron chi connectivity index (χ0n) is 27.6. The lowest BCUT2D eigenvalue weighted by Crippen LogP contribution is -2.19. The molecule has 0 fully saturated rings. The van der Waals surface area contributed by atoms with Crippen LogP contribution in [0.15, 0.2) is 66.7 Å². The van der Waals surface area contributed by atoms with E-state index in [1.807, 2.05) is 98.1 Å². The lowest BCUT2D eigenvalue weighted by Gasteiger charge is -2.22. The molecular weight excluding hydrogens is 592 g/mol. The minimum absolute atomic E-state index is 0.250. The van der Waals surface area contributed by atoms with E-state index in [9.17, 15) is 9.59 Å². The predicted molar refractivity (Wildman–Crippen MR) is 183 cm³/mol. The first kappa shape index (κ1) is 31.6. The minimum Gasteiger partial charge on any atom is -0.493 e. The molecule has 5 aromatic rings. The molecule has 0 amide bonds. The largest absolute Gasteiger partial charge is 0.493 e. The number of hydrogen-bond donors (Lipinski definition) is 0. The van der Waals surface area contributed by atoms with Crippen LogP contribution in [0.3, 0.4) is 0 Å². The summed E-state index contributed by atoms with van der Waals surface area (Å²) >= 11 is 0. The zero-order valence-corrected chi connectivity index (χ0v) is 27.6. The van der Waals surface area contributed by atoms with Gasteiger partial charge in [0, 0.05) is 28.0 Å². The number of esters is 1. The molecular formula is C39H38N2O6. The average molecular weight is 631 g/mol. The van der Waals surface area contributed by atoms with E-state index in [4.69, 9.17) is 23.9 Å². The van der Waals surface area contributed by atoms with E-state index in [2.05, 4.69) is 0 Å². The summed E-state index contributed by atoms with van der Waals surface area (Å²) < 4.78 is 24.5. The Morgan fingerprint density at radius 2 is 1.57 bits per heavy atom. The van der Waals surface area contributed by atoms with Gasteiger partial charge in [-0.15, -0.1) is 0 Å². The van der Waals surface area contributed by atoms with Crippen molar-refractivity contribution in [2.24, 2.45) is 0 Å². The standard InChI is InChI=1S/C39H38N2O6/c1-23-14-16-28(17-15-23)41-24(2)18-31(25(41)3)33(42)22-47-39(43)36-29-11-7-8-13-32(29)40-37-27(10-9-12-30(36)37)19-26-20-34(44-4)38(46-6)35(21-26)45-5/h7-8,11,13-21H,9-10,12,22H2,1-6H3. The van der Waals surface area contributed by atoms with E-state index >= 15 is 0 Å². The number of fused-ring (bicyclic) bond motifs is 2. The molecule has 8 heteroatoms. The lowest BCUT2D eigenvalue weighted by atomic mass is 9.86. The highest BCUT2D eigenvalue weighted by Crippen LogP contribution is 2.41. The number of rotatable bonds is 9. The van der Waals surface area contributed by atoms with Gasteiger partial charge in [-0.1, -0.05) is 35.9 Å². The van der Waals surface area contributed by atoms with E-state index in [1.54, 1.807) is 21.3 Å². The second-order valence-electron chi connectivity index (χ2n) is 11.8. The number of carbonyl (C=O) groups excluding carboxylic acids is 2. The number of methoxy groups -OCH3 is 3. The summed E-state index contributed by atoms with van der Waals surface area (Å²) in [5, 5.41) is 0.704. The SMILES string of the molecule is COc1cc(C=C2CCCc3c2nc2ccccc2c3C(=O)OCC(=O)c2cc(C)n(-c3ccc(C)cc3)c2C)cc(OC)c1OC. The number of carbonyl (C=O) groups is 2. The summed E-state index contributed by atoms with van der Waals surface area (Å²) in [6.07, 6.45) is 4.31. The number of ether oxygens (including phenoxy) is 4. The van der Waals surface area contributed by atoms with E-state index in [0.717, 1.165) is 57.9 Å². The van der Waals surface area contributed by atoms with Crippen molar-refractivity contribution in [3.05, 3.63) is 112 Å². The monoisotopic (exact) mass is 630 g/mol. The van der Waals surface area contributed by atoms with Gasteiger partial charge < -0.3 is 23.5 Å². The van der Waals surface area contributed by atoms with Crippen LogP contribution in [-0.2, 0) is 11.2 Å². The van der Waals surface area contributed by atoms with Crippen LogP contribution >= 0.6 is 0 Å². The molecule has 1 aliphatic rings. The fourth-order valence-electron chi connectivity index (χ4n) is 6.51. The minimum atomic E-state index is -0.533. The molecule has 0 radical (unpaired) electrons. The maximum absolute atomic E-state index is 13.9. The summed E-state index contributed by atoms with van der Waals surface area (Å²) in [6, 6.07) is 21.3. The number of pyridine rings is 1. The summed E-state index contributed by atoms with van der Waals surface area (Å²) in [6.45, 7) is 5.56. The fourth-order valence-corrected chi connectivity index (χ4v) is 6.51. The van der Waals surface area contributed by atoms with Crippen molar-refractivity contribution in [3.63, 3.8) is 0 Å². The number of hydrogen-bond acceptors (Lipinski definition) is 7. The maximum atomic E-state index is 13.9. The van der Waals surface area contributed by atoms with Crippen LogP contribution in [0.25, 0.3) is 28.2 Å². The van der Waals surface area contributed by atoms with Crippen molar-refractivity contribution in [2.45, 2.75) is 40.0 Å². The number of benzene rings is 3. The Balaban J connectivity index is 1.33. The predicted octanol–water partition coefficient (Wildman–Crippen LogP) is 7.89. The first-order valence-electron chi connectivity index (χ1n) is 15.6. The van der Waals surface area contributed by atoms with Crippen molar-refractivity contribution in [1.29, 1.82) is 0 Å². The molecule has 8 nitrogen and oxygen atoms in total. The lowest BCUT2D eigenvalue weighted by molar-refractivity contribution is 0.0475. The molecule has 240 valence electrons. The molecule has 0 atom stereocenters. The van der Waals surface area contributed by atoms with Crippen molar-refractivity contribution < 1.29 is 28.5 Å². The Bertz CT molecular complexity index is 2010. The third kappa shape index (κ3) is 5.99. The van der Waals surface area contributed by atoms with Gasteiger partial charge in [-0.3, -0.25) is 4.79 Å². The highest BCUT2D eigenvalue weighted by Gasteiger charge is 2.27. The van der Waals surface area contributed by atoms with E-state index in [0.29, 0.717) is 45.7 Å². The van der Waals surface area contributed by atoms with Crippen LogP contribution in [0.5, 0.6) is 17.2 Å². The summed E-state index contributed by atoms with van der Waals surface area (Å²) in [4.78, 5) is 32.4. The number of allylic oxidation sites excluding steroid dienone is 1. The molecule has 0 unspecified atom stereocenters. The van der Waals surface area contributed by atoms with Gasteiger partial charge in [-0.2, -0.15) is 0 Å². The molecule has 47 heavy (non-hydrogen) atoms. The Morgan fingerprint density at radius 1 is 0.872 bits per heavy atom. The van der Waals surface area contributed by atoms with Crippen LogP contribution in [0.2, 0.25) is 0 Å². The third-order valence-corrected chi connectivity index (χ3v) is 8.76. The molecule has 0 spiro atoms. The summed E-state index contributed by atoms with van der Waals surface area (Å²) in [5.74, 6) is 0.834. The second kappa shape index (κ2) is 13.2. The second-order valence-corrected chi connectivity index (χ2v) is 11.8. The van der Waals surface area contributed by atoms with Gasteiger partial charge in [0.1, 0.15) is 0 Å². The first-order valence-corrected chi connectivity index (χ1v) is 15.6. The van der Waals surface area contributed by atoms with E-state index in [1.165, 1.54) is 0 Å². The first-order chi connectivity index (χ1) is 22.7. The highest BCUT2D eigenvalue weighted by atomic mass is 16.5. The van der Waals surface area contributed by atoms with Gasteiger partial charge in [0.2, 0.25) is 11.5 Å². The quantitative estimate of drug-likeness (QED) is 0.121. The summed E-state index contributed by atoms with van der Waals surface area (Å²) in [7, 11) is 4.74. The van der Waals surface area contributed by atoms with Crippen LogP contribution < -0.4 is 14.2 Å². The Labute approximate surface area is 274 Å². The number of aryl methyl sites for hydroxylation is 2. The molecule has 1 aliphatic carbocycles. The van der Waals surface area contributed by atoms with Gasteiger partial charge in [-0.05, 0) is 99.2 Å². The van der Waals surface area contributed by atoms with Crippen LogP contribution in [0.4, 0.5) is 0 Å². The number of Topliss-reactive ketones (excluding diaryl/α,β-unsaturated/α-hetero) is 1. The van der Waals surface area contributed by atoms with Crippen LogP contribution in [-0.4, -0.2) is 49.2 Å². The Morgan fingerprint density at radius 3 is 2.26 bits per heavy atom. The Hall–Kier alpha value is -5.37. The molecule has 6 rings (SSSR count). The third-order valence-electron chi connectivity index (χ3n) is 8.76. The smallest absolute Gasteiger partial charge is 0.339 e. The molecule has 0 saturated heterocycles. The highest BCUT2D eigenvalue weighted by molar-refractivity contribution is 6.08. The topological polar surface area (TPSA) is 88.9 Å². The number of para-hydroxylation sites is 1. The number of ketones is 1. The molecule has 0 bridgehead atoms. The molecule has 2 aromatic heterocycles. The van der Waals surface area contributed by atoms with Crippen LogP contribution in [0, 0.1) is 20.8 Å². The summed E-state index contributed by atoms with van der Waals surface area (Å²) in [5.41, 5.74) is 8.97. The normalized spacial score (nSPS) is 13.4. The Kier molecular flexibility index (Phi) is 8.85. The van der Waals surface area contributed by atoms with Gasteiger partial charge in [-0.25, -0.2) is 9.78 Å². The van der Waals surface area contributed by atoms with Crippen LogP contribution in [0.1, 0.15) is 67.3 Å². The van der Waals surface area contributed by atoms with Crippen molar-refractivity contribution in [2.75, 3.05) is 27.9 Å². The molecule has 0 saturated carbocycles. The molecule has 0 N–H and O–H groups in total. The molecule has 3 aromatic carbocycles. The fraction of sp³-hybridized carbons (Fsp3) is 0.256. The molecule has 2 heterocycles. The molecule has 0 aliphatic heterocycles. The van der Waals surface area contributed by atoms with Crippen molar-refractivity contribution in [1.82, 2.24) is 9.55 Å². The van der Waals surface area contributed by atoms with Crippen molar-refractivity contribution in [3.8, 4) is 22.9 Å². The number of aromatic nitrogens is 2. The van der Waals surface area contributed by atoms with E-state index < -0.39 is 5.97 Å². The average Bonchev–Trinajstić information content (AvgIpc) is 3.39.